The number of urea groups is 1. The van der Waals surface area contributed by atoms with Crippen molar-refractivity contribution >= 4 is 17.5 Å². The van der Waals surface area contributed by atoms with Crippen LogP contribution < -0.4 is 21.1 Å². The summed E-state index contributed by atoms with van der Waals surface area (Å²) in [6.45, 7) is 2.73. The van der Waals surface area contributed by atoms with E-state index in [1.165, 1.54) is 24.8 Å². The Morgan fingerprint density at radius 1 is 0.975 bits per heavy atom. The first-order valence-electron chi connectivity index (χ1n) is 13.6. The summed E-state index contributed by atoms with van der Waals surface area (Å²) in [5.41, 5.74) is 10.4. The highest BCUT2D eigenvalue weighted by atomic mass is 16.5. The minimum atomic E-state index is -0.562. The fourth-order valence-electron chi connectivity index (χ4n) is 5.28. The number of benzene rings is 3. The summed E-state index contributed by atoms with van der Waals surface area (Å²) in [7, 11) is 3.07. The third kappa shape index (κ3) is 6.46. The quantitative estimate of drug-likeness (QED) is 0.207. The molecule has 0 spiro atoms. The monoisotopic (exact) mass is 542 g/mol. The van der Waals surface area contributed by atoms with Crippen LogP contribution in [0.4, 0.5) is 4.79 Å². The fourth-order valence-corrected chi connectivity index (χ4v) is 5.28. The summed E-state index contributed by atoms with van der Waals surface area (Å²) in [6.07, 6.45) is 6.29. The first-order chi connectivity index (χ1) is 19.4. The van der Waals surface area contributed by atoms with E-state index in [1.807, 2.05) is 54.3 Å². The summed E-state index contributed by atoms with van der Waals surface area (Å²) >= 11 is 0. The van der Waals surface area contributed by atoms with Gasteiger partial charge in [0, 0.05) is 24.4 Å². The first-order valence-corrected chi connectivity index (χ1v) is 13.6. The number of methoxy groups -OCH3 is 2. The molecule has 210 valence electrons. The molecule has 3 amide bonds. The second-order valence-corrected chi connectivity index (χ2v) is 9.93. The van der Waals surface area contributed by atoms with Crippen molar-refractivity contribution < 1.29 is 19.1 Å². The van der Waals surface area contributed by atoms with Crippen molar-refractivity contribution in [3.8, 4) is 22.6 Å². The highest BCUT2D eigenvalue weighted by molar-refractivity contribution is 5.95. The van der Waals surface area contributed by atoms with Crippen molar-refractivity contribution in [1.29, 1.82) is 0 Å². The Morgan fingerprint density at radius 3 is 2.20 bits per heavy atom. The number of nitrogens with two attached hydrogens (primary N) is 2. The zero-order valence-corrected chi connectivity index (χ0v) is 23.4. The molecule has 1 unspecified atom stereocenters. The summed E-state index contributed by atoms with van der Waals surface area (Å²) in [5, 5.41) is 1.23. The lowest BCUT2D eigenvalue weighted by Crippen LogP contribution is -2.51. The molecule has 1 aliphatic heterocycles. The Morgan fingerprint density at radius 2 is 1.62 bits per heavy atom. The van der Waals surface area contributed by atoms with Crippen LogP contribution in [0.2, 0.25) is 0 Å². The van der Waals surface area contributed by atoms with Gasteiger partial charge < -0.3 is 20.1 Å². The van der Waals surface area contributed by atoms with E-state index in [2.05, 4.69) is 12.1 Å². The first kappa shape index (κ1) is 28.7. The number of hydrogen-bond donors (Lipinski definition) is 2. The predicted octanol–water partition coefficient (Wildman–Crippen LogP) is 5.61. The smallest absolute Gasteiger partial charge is 0.338 e. The van der Waals surface area contributed by atoms with Gasteiger partial charge in [-0.1, -0.05) is 61.5 Å². The molecule has 40 heavy (non-hydrogen) atoms. The molecule has 4 rings (SSSR count). The van der Waals surface area contributed by atoms with Gasteiger partial charge in [0.25, 0.3) is 0 Å². The van der Waals surface area contributed by atoms with Crippen LogP contribution in [-0.2, 0) is 6.42 Å². The van der Waals surface area contributed by atoms with Crippen molar-refractivity contribution in [3.63, 3.8) is 0 Å². The number of piperidine rings is 1. The predicted molar refractivity (Wildman–Crippen MR) is 158 cm³/mol. The van der Waals surface area contributed by atoms with E-state index < -0.39 is 5.91 Å². The Bertz CT molecular complexity index is 1330. The van der Waals surface area contributed by atoms with Gasteiger partial charge in [0.1, 0.15) is 11.5 Å². The maximum absolute atomic E-state index is 13.5. The standard InChI is InChI=1S/C32H38N4O4/c1-4-23(21-36(34)32(38)35-17-9-8-12-27(35)18-22-10-6-5-7-11-22)24-13-15-25(16-14-24)30-28(39-2)19-26(31(33)37)20-29(30)40-3/h5-7,10-11,13-16,19-21,27H,4,8-9,12,17-18,34H2,1-3H3,(H2,33,37)/b23-21+. The lowest BCUT2D eigenvalue weighted by molar-refractivity contribution is 0.0999. The van der Waals surface area contributed by atoms with Crippen LogP contribution >= 0.6 is 0 Å². The van der Waals surface area contributed by atoms with Crippen LogP contribution in [0, 0.1) is 0 Å². The molecule has 0 bridgehead atoms. The van der Waals surface area contributed by atoms with Gasteiger partial charge in [0.2, 0.25) is 5.91 Å². The molecule has 8 nitrogen and oxygen atoms in total. The van der Waals surface area contributed by atoms with E-state index in [-0.39, 0.29) is 12.1 Å². The molecule has 3 aromatic carbocycles. The number of carbonyl (C=O) groups excluding carboxylic acids is 2. The zero-order valence-electron chi connectivity index (χ0n) is 23.4. The average Bonchev–Trinajstić information content (AvgIpc) is 2.99. The summed E-state index contributed by atoms with van der Waals surface area (Å²) in [4.78, 5) is 27.1. The second kappa shape index (κ2) is 13.2. The number of primary amides is 1. The van der Waals surface area contributed by atoms with Crippen LogP contribution in [0.25, 0.3) is 16.7 Å². The number of nitrogens with zero attached hydrogens (tertiary/aromatic N) is 2. The average molecular weight is 543 g/mol. The number of ether oxygens (including phenoxy) is 2. The molecule has 1 atom stereocenters. The summed E-state index contributed by atoms with van der Waals surface area (Å²) < 4.78 is 11.1. The van der Waals surface area contributed by atoms with Crippen LogP contribution in [0.1, 0.15) is 54.1 Å². The lowest BCUT2D eigenvalue weighted by atomic mass is 9.96. The normalized spacial score (nSPS) is 15.4. The molecular weight excluding hydrogens is 504 g/mol. The number of allylic oxidation sites excluding steroid dienone is 1. The van der Waals surface area contributed by atoms with Crippen molar-refractivity contribution in [1.82, 2.24) is 9.91 Å². The number of hydrogen-bond acceptors (Lipinski definition) is 5. The molecule has 1 fully saturated rings. The van der Waals surface area contributed by atoms with Crippen molar-refractivity contribution in [2.75, 3.05) is 20.8 Å². The molecule has 3 aromatic rings. The van der Waals surface area contributed by atoms with Crippen molar-refractivity contribution in [2.45, 2.75) is 45.1 Å². The fraction of sp³-hybridized carbons (Fsp3) is 0.312. The van der Waals surface area contributed by atoms with Crippen molar-refractivity contribution in [2.24, 2.45) is 11.6 Å². The number of hydrazine groups is 1. The molecule has 1 saturated heterocycles. The van der Waals surface area contributed by atoms with E-state index in [0.29, 0.717) is 35.6 Å². The third-order valence-electron chi connectivity index (χ3n) is 7.42. The van der Waals surface area contributed by atoms with E-state index in [0.717, 1.165) is 42.4 Å². The third-order valence-corrected chi connectivity index (χ3v) is 7.42. The number of carbonyl (C=O) groups is 2. The van der Waals surface area contributed by atoms with Crippen molar-refractivity contribution in [3.05, 3.63) is 89.6 Å². The van der Waals surface area contributed by atoms with Gasteiger partial charge in [-0.3, -0.25) is 4.79 Å². The van der Waals surface area contributed by atoms with Crippen LogP contribution in [-0.4, -0.2) is 48.7 Å². The maximum atomic E-state index is 13.5. The SMILES string of the molecule is CC/C(=C\N(N)C(=O)N1CCCCC1Cc1ccccc1)c1ccc(-c2c(OC)cc(C(N)=O)cc2OC)cc1. The van der Waals surface area contributed by atoms with Gasteiger partial charge in [-0.25, -0.2) is 15.6 Å². The minimum Gasteiger partial charge on any atom is -0.496 e. The molecule has 1 heterocycles. The van der Waals surface area contributed by atoms with Crippen LogP contribution in [0.3, 0.4) is 0 Å². The number of likely N-dealkylation sites (tertiary alicyclic amines) is 1. The zero-order chi connectivity index (χ0) is 28.6. The summed E-state index contributed by atoms with van der Waals surface area (Å²) in [6, 6.07) is 21.3. The highest BCUT2D eigenvalue weighted by Crippen LogP contribution is 2.40. The van der Waals surface area contributed by atoms with Crippen LogP contribution in [0.15, 0.2) is 72.9 Å². The van der Waals surface area contributed by atoms with E-state index >= 15 is 0 Å². The Kier molecular flexibility index (Phi) is 9.45. The van der Waals surface area contributed by atoms with Gasteiger partial charge in [-0.05, 0) is 66.5 Å². The Labute approximate surface area is 236 Å². The Hall–Kier alpha value is -4.30. The number of amides is 3. The molecule has 0 aliphatic carbocycles. The molecule has 0 aromatic heterocycles. The van der Waals surface area contributed by atoms with Gasteiger partial charge in [-0.15, -0.1) is 0 Å². The molecule has 0 saturated carbocycles. The van der Waals surface area contributed by atoms with Gasteiger partial charge in [0.15, 0.2) is 0 Å². The second-order valence-electron chi connectivity index (χ2n) is 9.93. The molecule has 4 N–H and O–H groups in total. The summed E-state index contributed by atoms with van der Waals surface area (Å²) in [5.74, 6) is 6.75. The lowest BCUT2D eigenvalue weighted by Gasteiger charge is -2.37. The Balaban J connectivity index is 1.56. The minimum absolute atomic E-state index is 0.123. The molecule has 0 radical (unpaired) electrons. The van der Waals surface area contributed by atoms with E-state index in [4.69, 9.17) is 21.1 Å². The molecular formula is C32H38N4O4. The highest BCUT2D eigenvalue weighted by Gasteiger charge is 2.29. The van der Waals surface area contributed by atoms with E-state index in [1.54, 1.807) is 18.3 Å². The topological polar surface area (TPSA) is 111 Å². The van der Waals surface area contributed by atoms with Gasteiger partial charge in [0.05, 0.1) is 19.8 Å². The van der Waals surface area contributed by atoms with E-state index in [9.17, 15) is 9.59 Å². The molecule has 1 aliphatic rings. The van der Waals surface area contributed by atoms with Crippen LogP contribution in [0.5, 0.6) is 11.5 Å². The van der Waals surface area contributed by atoms with Gasteiger partial charge in [-0.2, -0.15) is 0 Å². The maximum Gasteiger partial charge on any atom is 0.338 e. The molecule has 8 heteroatoms. The largest absolute Gasteiger partial charge is 0.496 e. The number of rotatable bonds is 9. The van der Waals surface area contributed by atoms with Gasteiger partial charge >= 0.3 is 6.03 Å².